The summed E-state index contributed by atoms with van der Waals surface area (Å²) < 4.78 is 2.44. The second-order valence-electron chi connectivity index (χ2n) is 10.6. The molecule has 0 amide bonds. The van der Waals surface area contributed by atoms with Crippen LogP contribution < -0.4 is 0 Å². The van der Waals surface area contributed by atoms with Crippen molar-refractivity contribution in [3.05, 3.63) is 140 Å². The molecular weight excluding hydrogens is 498 g/mol. The van der Waals surface area contributed by atoms with E-state index in [-0.39, 0.29) is 0 Å². The Morgan fingerprint density at radius 3 is 1.68 bits per heavy atom. The minimum absolute atomic E-state index is 0.755. The summed E-state index contributed by atoms with van der Waals surface area (Å²) in [6.07, 6.45) is 3.83. The van der Waals surface area contributed by atoms with Crippen molar-refractivity contribution in [2.75, 3.05) is 0 Å². The molecule has 8 aromatic rings. The van der Waals surface area contributed by atoms with Gasteiger partial charge in [-0.05, 0) is 58.1 Å². The lowest BCUT2D eigenvalue weighted by molar-refractivity contribution is 1.18. The zero-order valence-corrected chi connectivity index (χ0v) is 22.1. The third-order valence-electron chi connectivity index (χ3n) is 8.48. The summed E-state index contributed by atoms with van der Waals surface area (Å²) in [7, 11) is 0. The molecule has 0 saturated carbocycles. The first-order chi connectivity index (χ1) is 20.4. The molecule has 3 nitrogen and oxygen atoms in total. The number of fused-ring (bicyclic) bond motifs is 13. The largest absolute Gasteiger partial charge is 0.309 e. The normalized spacial score (nSPS) is 11.9. The van der Waals surface area contributed by atoms with Crippen LogP contribution in [0.4, 0.5) is 0 Å². The summed E-state index contributed by atoms with van der Waals surface area (Å²) in [5.41, 5.74) is 13.8. The maximum absolute atomic E-state index is 4.83. The van der Waals surface area contributed by atoms with Crippen LogP contribution in [0.1, 0.15) is 0 Å². The van der Waals surface area contributed by atoms with Gasteiger partial charge >= 0.3 is 0 Å². The highest BCUT2D eigenvalue weighted by Gasteiger charge is 2.27. The zero-order chi connectivity index (χ0) is 26.9. The van der Waals surface area contributed by atoms with Gasteiger partial charge < -0.3 is 4.57 Å². The molecule has 1 aliphatic carbocycles. The van der Waals surface area contributed by atoms with Crippen molar-refractivity contribution >= 4 is 32.8 Å². The predicted molar refractivity (Wildman–Crippen MR) is 169 cm³/mol. The van der Waals surface area contributed by atoms with Crippen LogP contribution in [0, 0.1) is 0 Å². The van der Waals surface area contributed by atoms with Gasteiger partial charge in [0.1, 0.15) is 0 Å². The van der Waals surface area contributed by atoms with E-state index in [2.05, 4.69) is 131 Å². The van der Waals surface area contributed by atoms with E-state index in [0.29, 0.717) is 0 Å². The monoisotopic (exact) mass is 521 g/mol. The van der Waals surface area contributed by atoms with Crippen molar-refractivity contribution in [2.45, 2.75) is 0 Å². The first-order valence-electron chi connectivity index (χ1n) is 13.9. The molecule has 1 aliphatic rings. The lowest BCUT2D eigenvalue weighted by Gasteiger charge is -2.26. The van der Waals surface area contributed by atoms with Crippen LogP contribution in [0.5, 0.6) is 0 Å². The summed E-state index contributed by atoms with van der Waals surface area (Å²) in [5.74, 6) is 0. The van der Waals surface area contributed by atoms with E-state index in [9.17, 15) is 0 Å². The quantitative estimate of drug-likeness (QED) is 0.215. The van der Waals surface area contributed by atoms with Gasteiger partial charge in [-0.1, -0.05) is 97.1 Å². The average molecular weight is 522 g/mol. The molecule has 5 aromatic carbocycles. The minimum atomic E-state index is 0.755. The number of aromatic nitrogens is 3. The van der Waals surface area contributed by atoms with Crippen molar-refractivity contribution in [3.8, 4) is 50.2 Å². The number of nitrogens with zero attached hydrogens (tertiary/aromatic N) is 3. The maximum atomic E-state index is 4.83. The van der Waals surface area contributed by atoms with Gasteiger partial charge in [0.25, 0.3) is 0 Å². The summed E-state index contributed by atoms with van der Waals surface area (Å²) in [5, 5.41) is 3.56. The Balaban J connectivity index is 1.53. The van der Waals surface area contributed by atoms with E-state index in [0.717, 1.165) is 22.3 Å². The van der Waals surface area contributed by atoms with E-state index < -0.39 is 0 Å². The predicted octanol–water partition coefficient (Wildman–Crippen LogP) is 9.71. The fraction of sp³-hybridized carbons (Fsp3) is 0. The molecule has 0 bridgehead atoms. The van der Waals surface area contributed by atoms with Gasteiger partial charge in [0.15, 0.2) is 5.65 Å². The van der Waals surface area contributed by atoms with Crippen molar-refractivity contribution in [2.24, 2.45) is 0 Å². The molecule has 0 aliphatic heterocycles. The molecule has 9 rings (SSSR count). The Morgan fingerprint density at radius 1 is 0.390 bits per heavy atom. The molecule has 0 spiro atoms. The third kappa shape index (κ3) is 3.09. The van der Waals surface area contributed by atoms with E-state index in [1.807, 2.05) is 18.5 Å². The van der Waals surface area contributed by atoms with E-state index in [4.69, 9.17) is 4.98 Å². The number of pyridine rings is 2. The second kappa shape index (κ2) is 8.48. The Labute approximate surface area is 237 Å². The average Bonchev–Trinajstić information content (AvgIpc) is 3.37. The molecule has 0 N–H and O–H groups in total. The van der Waals surface area contributed by atoms with E-state index in [1.54, 1.807) is 0 Å². The van der Waals surface area contributed by atoms with Gasteiger partial charge in [-0.15, -0.1) is 0 Å². The SMILES string of the molecule is c1ccc2c(c1)-c1ccccc1-c1c(cccc1-n1c3ccccc3c3ccccc31)-c1c-2cnc2ncccc12. The summed E-state index contributed by atoms with van der Waals surface area (Å²) in [6, 6.07) is 45.9. The first kappa shape index (κ1) is 22.3. The Morgan fingerprint density at radius 2 is 0.951 bits per heavy atom. The molecule has 0 radical (unpaired) electrons. The van der Waals surface area contributed by atoms with Gasteiger partial charge in [0.05, 0.1) is 16.7 Å². The fourth-order valence-electron chi connectivity index (χ4n) is 6.81. The summed E-state index contributed by atoms with van der Waals surface area (Å²) in [6.45, 7) is 0. The van der Waals surface area contributed by atoms with Gasteiger partial charge in [-0.2, -0.15) is 0 Å². The molecule has 0 fully saturated rings. The number of para-hydroxylation sites is 2. The van der Waals surface area contributed by atoms with Crippen molar-refractivity contribution in [3.63, 3.8) is 0 Å². The summed E-state index contributed by atoms with van der Waals surface area (Å²) in [4.78, 5) is 9.49. The van der Waals surface area contributed by atoms with Crippen molar-refractivity contribution in [1.29, 1.82) is 0 Å². The van der Waals surface area contributed by atoms with Crippen LogP contribution in [0.25, 0.3) is 83.0 Å². The van der Waals surface area contributed by atoms with Crippen molar-refractivity contribution < 1.29 is 0 Å². The molecule has 190 valence electrons. The second-order valence-corrected chi connectivity index (χ2v) is 10.6. The number of hydrogen-bond donors (Lipinski definition) is 0. The standard InChI is InChI=1S/C38H23N3/c1-2-13-26-24(11-1)25-12-3-4-16-29(25)37-30(36-31-18-10-22-39-38(31)40-23-32(26)36)17-9-21-35(37)41-33-19-7-5-14-27(33)28-15-6-8-20-34(28)41/h1-23H. The molecule has 3 heterocycles. The molecular formula is C38H23N3. The molecule has 0 saturated heterocycles. The Kier molecular flexibility index (Phi) is 4.61. The van der Waals surface area contributed by atoms with Crippen molar-refractivity contribution in [1.82, 2.24) is 14.5 Å². The van der Waals surface area contributed by atoms with E-state index in [1.165, 1.54) is 60.8 Å². The number of hydrogen-bond acceptors (Lipinski definition) is 2. The van der Waals surface area contributed by atoms with Crippen LogP contribution in [0.2, 0.25) is 0 Å². The van der Waals surface area contributed by atoms with Crippen LogP contribution in [0.15, 0.2) is 140 Å². The first-order valence-corrected chi connectivity index (χ1v) is 13.9. The number of benzene rings is 5. The lowest BCUT2D eigenvalue weighted by atomic mass is 9.80. The maximum Gasteiger partial charge on any atom is 0.159 e. The Hall–Kier alpha value is -5.54. The van der Waals surface area contributed by atoms with Gasteiger partial charge in [0.2, 0.25) is 0 Å². The number of rotatable bonds is 1. The van der Waals surface area contributed by atoms with Crippen LogP contribution in [-0.4, -0.2) is 14.5 Å². The zero-order valence-electron chi connectivity index (χ0n) is 22.1. The van der Waals surface area contributed by atoms with Gasteiger partial charge in [-0.25, -0.2) is 9.97 Å². The molecule has 0 unspecified atom stereocenters. The van der Waals surface area contributed by atoms with Crippen LogP contribution >= 0.6 is 0 Å². The van der Waals surface area contributed by atoms with Gasteiger partial charge in [-0.3, -0.25) is 0 Å². The molecule has 41 heavy (non-hydrogen) atoms. The topological polar surface area (TPSA) is 30.7 Å². The van der Waals surface area contributed by atoms with Gasteiger partial charge in [0, 0.05) is 45.2 Å². The minimum Gasteiger partial charge on any atom is -0.309 e. The van der Waals surface area contributed by atoms with E-state index >= 15 is 0 Å². The van der Waals surface area contributed by atoms with Crippen LogP contribution in [0.3, 0.4) is 0 Å². The Bertz CT molecular complexity index is 2270. The lowest BCUT2D eigenvalue weighted by Crippen LogP contribution is -2.03. The smallest absolute Gasteiger partial charge is 0.159 e. The summed E-state index contributed by atoms with van der Waals surface area (Å²) >= 11 is 0. The highest BCUT2D eigenvalue weighted by molar-refractivity contribution is 6.14. The molecule has 0 atom stereocenters. The van der Waals surface area contributed by atoms with Crippen LogP contribution in [-0.2, 0) is 0 Å². The molecule has 3 heteroatoms. The fourth-order valence-corrected chi connectivity index (χ4v) is 6.81. The highest BCUT2D eigenvalue weighted by Crippen LogP contribution is 2.51. The third-order valence-corrected chi connectivity index (χ3v) is 8.48. The highest BCUT2D eigenvalue weighted by atomic mass is 15.0. The molecule has 3 aromatic heterocycles.